The Balaban J connectivity index is 3.15. The largest absolute Gasteiger partial charge is 0.497 e. The van der Waals surface area contributed by atoms with Crippen LogP contribution in [-0.2, 0) is 5.60 Å². The molecule has 2 nitrogen and oxygen atoms in total. The van der Waals surface area contributed by atoms with Gasteiger partial charge in [-0.05, 0) is 24.6 Å². The summed E-state index contributed by atoms with van der Waals surface area (Å²) in [5.41, 5.74) is -3.10. The van der Waals surface area contributed by atoms with E-state index in [0.717, 1.165) is 6.07 Å². The lowest BCUT2D eigenvalue weighted by molar-refractivity contribution is -0.258. The molecule has 0 heterocycles. The number of halogens is 3. The second kappa shape index (κ2) is 3.73. The van der Waals surface area contributed by atoms with Crippen molar-refractivity contribution in [1.29, 1.82) is 0 Å². The first-order chi connectivity index (χ1) is 6.79. The van der Waals surface area contributed by atoms with Crippen LogP contribution in [-0.4, -0.2) is 18.4 Å². The summed E-state index contributed by atoms with van der Waals surface area (Å²) in [5, 5.41) is 9.36. The first kappa shape index (κ1) is 11.8. The zero-order valence-electron chi connectivity index (χ0n) is 8.30. The molecule has 15 heavy (non-hydrogen) atoms. The van der Waals surface area contributed by atoms with Crippen molar-refractivity contribution in [2.75, 3.05) is 7.11 Å². The van der Waals surface area contributed by atoms with Crippen molar-refractivity contribution in [1.82, 2.24) is 0 Å². The highest BCUT2D eigenvalue weighted by molar-refractivity contribution is 5.32. The molecule has 1 rings (SSSR count). The number of aliphatic hydroxyl groups is 1. The van der Waals surface area contributed by atoms with E-state index < -0.39 is 11.8 Å². The van der Waals surface area contributed by atoms with Gasteiger partial charge in [-0.25, -0.2) is 0 Å². The predicted octanol–water partition coefficient (Wildman–Crippen LogP) is 2.47. The molecular formula is C10H11F3O2. The Morgan fingerprint density at radius 3 is 2.33 bits per heavy atom. The third-order valence-corrected chi connectivity index (χ3v) is 2.18. The fraction of sp³-hybridized carbons (Fsp3) is 0.400. The van der Waals surface area contributed by atoms with E-state index in [1.807, 2.05) is 0 Å². The third-order valence-electron chi connectivity index (χ3n) is 2.18. The number of alkyl halides is 3. The van der Waals surface area contributed by atoms with Crippen LogP contribution in [0.2, 0.25) is 0 Å². The molecule has 0 spiro atoms. The highest BCUT2D eigenvalue weighted by Crippen LogP contribution is 2.39. The number of hydrogen-bond acceptors (Lipinski definition) is 2. The minimum atomic E-state index is -4.71. The van der Waals surface area contributed by atoms with Crippen LogP contribution in [0.15, 0.2) is 24.3 Å². The summed E-state index contributed by atoms with van der Waals surface area (Å²) in [7, 11) is 1.35. The van der Waals surface area contributed by atoms with Crippen molar-refractivity contribution in [2.24, 2.45) is 0 Å². The summed E-state index contributed by atoms with van der Waals surface area (Å²) >= 11 is 0. The van der Waals surface area contributed by atoms with E-state index in [-0.39, 0.29) is 11.3 Å². The van der Waals surface area contributed by atoms with Crippen molar-refractivity contribution in [2.45, 2.75) is 18.7 Å². The lowest BCUT2D eigenvalue weighted by Crippen LogP contribution is -2.39. The standard InChI is InChI=1S/C10H11F3O2/c1-9(14,10(11,12)13)7-4-3-5-8(6-7)15-2/h3-6,14H,1-2H3. The maximum atomic E-state index is 12.5. The van der Waals surface area contributed by atoms with Gasteiger partial charge in [-0.2, -0.15) is 13.2 Å². The smallest absolute Gasteiger partial charge is 0.421 e. The molecule has 0 bridgehead atoms. The lowest BCUT2D eigenvalue weighted by Gasteiger charge is -2.26. The average molecular weight is 220 g/mol. The Morgan fingerprint density at radius 1 is 1.27 bits per heavy atom. The van der Waals surface area contributed by atoms with Gasteiger partial charge in [0, 0.05) is 0 Å². The van der Waals surface area contributed by atoms with E-state index in [4.69, 9.17) is 4.74 Å². The molecule has 0 aliphatic rings. The summed E-state index contributed by atoms with van der Waals surface area (Å²) in [6.45, 7) is 0.710. The Hall–Kier alpha value is -1.23. The van der Waals surface area contributed by atoms with Crippen molar-refractivity contribution >= 4 is 0 Å². The molecule has 1 atom stereocenters. The molecule has 0 aromatic heterocycles. The molecule has 1 aromatic rings. The Bertz CT molecular complexity index is 345. The van der Waals surface area contributed by atoms with Crippen LogP contribution in [0.5, 0.6) is 5.75 Å². The van der Waals surface area contributed by atoms with Crippen molar-refractivity contribution in [3.8, 4) is 5.75 Å². The molecule has 1 N–H and O–H groups in total. The quantitative estimate of drug-likeness (QED) is 0.829. The van der Waals surface area contributed by atoms with Gasteiger partial charge in [-0.15, -0.1) is 0 Å². The fourth-order valence-corrected chi connectivity index (χ4v) is 1.09. The second-order valence-electron chi connectivity index (χ2n) is 3.30. The normalized spacial score (nSPS) is 15.9. The number of methoxy groups -OCH3 is 1. The topological polar surface area (TPSA) is 29.5 Å². The molecular weight excluding hydrogens is 209 g/mol. The number of ether oxygens (including phenoxy) is 1. The minimum Gasteiger partial charge on any atom is -0.497 e. The summed E-state index contributed by atoms with van der Waals surface area (Å²) < 4.78 is 42.2. The number of hydrogen-bond donors (Lipinski definition) is 1. The fourth-order valence-electron chi connectivity index (χ4n) is 1.09. The Morgan fingerprint density at radius 2 is 1.87 bits per heavy atom. The van der Waals surface area contributed by atoms with Crippen LogP contribution in [0.4, 0.5) is 13.2 Å². The van der Waals surface area contributed by atoms with Gasteiger partial charge in [-0.3, -0.25) is 0 Å². The first-order valence-corrected chi connectivity index (χ1v) is 4.22. The molecule has 0 saturated carbocycles. The maximum Gasteiger partial charge on any atom is 0.421 e. The van der Waals surface area contributed by atoms with Crippen LogP contribution in [0.1, 0.15) is 12.5 Å². The lowest BCUT2D eigenvalue weighted by atomic mass is 9.95. The summed E-state index contributed by atoms with van der Waals surface area (Å²) in [4.78, 5) is 0. The third kappa shape index (κ3) is 2.23. The van der Waals surface area contributed by atoms with Gasteiger partial charge in [0.2, 0.25) is 0 Å². The highest BCUT2D eigenvalue weighted by Gasteiger charge is 2.51. The maximum absolute atomic E-state index is 12.5. The van der Waals surface area contributed by atoms with E-state index >= 15 is 0 Å². The molecule has 0 fully saturated rings. The van der Waals surface area contributed by atoms with Crippen LogP contribution in [0.3, 0.4) is 0 Å². The van der Waals surface area contributed by atoms with Gasteiger partial charge in [0.05, 0.1) is 7.11 Å². The van der Waals surface area contributed by atoms with Gasteiger partial charge in [0.15, 0.2) is 5.60 Å². The molecule has 0 amide bonds. The van der Waals surface area contributed by atoms with E-state index in [9.17, 15) is 18.3 Å². The molecule has 0 aliphatic carbocycles. The Kier molecular flexibility index (Phi) is 2.95. The van der Waals surface area contributed by atoms with Gasteiger partial charge in [-0.1, -0.05) is 12.1 Å². The van der Waals surface area contributed by atoms with Crippen LogP contribution in [0, 0.1) is 0 Å². The van der Waals surface area contributed by atoms with Gasteiger partial charge in [0.25, 0.3) is 0 Å². The molecule has 0 saturated heterocycles. The van der Waals surface area contributed by atoms with E-state index in [1.54, 1.807) is 0 Å². The monoisotopic (exact) mass is 220 g/mol. The van der Waals surface area contributed by atoms with Crippen molar-refractivity contribution in [3.05, 3.63) is 29.8 Å². The first-order valence-electron chi connectivity index (χ1n) is 4.22. The Labute approximate surface area is 85.3 Å². The summed E-state index contributed by atoms with van der Waals surface area (Å²) in [6.07, 6.45) is -4.71. The molecule has 0 aliphatic heterocycles. The molecule has 0 radical (unpaired) electrons. The second-order valence-corrected chi connectivity index (χ2v) is 3.30. The van der Waals surface area contributed by atoms with E-state index in [0.29, 0.717) is 6.92 Å². The van der Waals surface area contributed by atoms with Crippen LogP contribution >= 0.6 is 0 Å². The number of benzene rings is 1. The van der Waals surface area contributed by atoms with Crippen LogP contribution < -0.4 is 4.74 Å². The van der Waals surface area contributed by atoms with E-state index in [2.05, 4.69) is 0 Å². The summed E-state index contributed by atoms with van der Waals surface area (Å²) in [6, 6.07) is 5.27. The molecule has 1 aromatic carbocycles. The summed E-state index contributed by atoms with van der Waals surface area (Å²) in [5.74, 6) is 0.275. The number of rotatable bonds is 2. The van der Waals surface area contributed by atoms with Crippen molar-refractivity contribution in [3.63, 3.8) is 0 Å². The van der Waals surface area contributed by atoms with E-state index in [1.165, 1.54) is 25.3 Å². The van der Waals surface area contributed by atoms with Gasteiger partial charge >= 0.3 is 6.18 Å². The van der Waals surface area contributed by atoms with Gasteiger partial charge in [0.1, 0.15) is 5.75 Å². The van der Waals surface area contributed by atoms with Crippen molar-refractivity contribution < 1.29 is 23.0 Å². The van der Waals surface area contributed by atoms with Crippen LogP contribution in [0.25, 0.3) is 0 Å². The zero-order valence-corrected chi connectivity index (χ0v) is 8.30. The average Bonchev–Trinajstić information content (AvgIpc) is 2.16. The SMILES string of the molecule is COc1cccc(C(C)(O)C(F)(F)F)c1. The molecule has 84 valence electrons. The van der Waals surface area contributed by atoms with Gasteiger partial charge < -0.3 is 9.84 Å². The molecule has 1 unspecified atom stereocenters. The minimum absolute atomic E-state index is 0.241. The molecule has 5 heteroatoms. The zero-order chi connectivity index (χ0) is 11.7. The highest BCUT2D eigenvalue weighted by atomic mass is 19.4. The predicted molar refractivity (Wildman–Crippen MR) is 48.6 cm³/mol.